The molecule has 0 spiro atoms. The highest BCUT2D eigenvalue weighted by molar-refractivity contribution is 6.18. The highest BCUT2D eigenvalue weighted by Gasteiger charge is 2.11. The van der Waals surface area contributed by atoms with Crippen LogP contribution in [0, 0.1) is 0 Å². The molecule has 0 unspecified atom stereocenters. The molecule has 0 fully saturated rings. The molecular weight excluding hydrogens is 348 g/mol. The molecule has 1 atom stereocenters. The number of hydrogen-bond acceptors (Lipinski definition) is 3. The fraction of sp³-hybridized carbons (Fsp3) is 0.333. The largest absolute Gasteiger partial charge is 0.436 e. The van der Waals surface area contributed by atoms with Gasteiger partial charge in [-0.1, -0.05) is 19.9 Å². The molecule has 4 nitrogen and oxygen atoms in total. The average Bonchev–Trinajstić information content (AvgIpc) is 3.09. The van der Waals surface area contributed by atoms with Gasteiger partial charge in [0.05, 0.1) is 0 Å². The maximum absolute atomic E-state index is 11.8. The number of amides is 1. The van der Waals surface area contributed by atoms with E-state index >= 15 is 0 Å². The number of anilines is 1. The second-order valence-corrected chi connectivity index (χ2v) is 6.85. The minimum absolute atomic E-state index is 0.0298. The molecule has 1 heterocycles. The van der Waals surface area contributed by atoms with E-state index in [9.17, 15) is 4.79 Å². The molecule has 1 aromatic heterocycles. The third-order valence-corrected chi connectivity index (χ3v) is 4.81. The van der Waals surface area contributed by atoms with E-state index in [1.807, 2.05) is 30.3 Å². The van der Waals surface area contributed by atoms with Gasteiger partial charge in [-0.3, -0.25) is 4.79 Å². The molecule has 0 radical (unpaired) electrons. The minimum atomic E-state index is -0.0298. The maximum Gasteiger partial charge on any atom is 0.227 e. The van der Waals surface area contributed by atoms with Crippen LogP contribution < -0.4 is 5.32 Å². The van der Waals surface area contributed by atoms with Gasteiger partial charge in [-0.15, -0.1) is 11.6 Å². The standard InChI is InChI=1S/C21H23ClN2O2/c1-3-14(2)16-8-11-19-18(13-16)24-21(26-19)15-6-9-17(10-7-15)23-20(25)5-4-12-22/h6-11,13-14H,3-5,12H2,1-2H3,(H,23,25)/t14-/m0/s1. The Hall–Kier alpha value is -2.33. The van der Waals surface area contributed by atoms with Crippen LogP contribution in [0.2, 0.25) is 0 Å². The van der Waals surface area contributed by atoms with E-state index in [4.69, 9.17) is 16.0 Å². The van der Waals surface area contributed by atoms with Crippen LogP contribution >= 0.6 is 11.6 Å². The highest BCUT2D eigenvalue weighted by Crippen LogP contribution is 2.28. The van der Waals surface area contributed by atoms with Crippen molar-refractivity contribution < 1.29 is 9.21 Å². The van der Waals surface area contributed by atoms with Gasteiger partial charge in [0.15, 0.2) is 5.58 Å². The second-order valence-electron chi connectivity index (χ2n) is 6.47. The van der Waals surface area contributed by atoms with E-state index in [0.717, 1.165) is 28.8 Å². The molecule has 5 heteroatoms. The van der Waals surface area contributed by atoms with Crippen LogP contribution in [-0.4, -0.2) is 16.8 Å². The Bertz CT molecular complexity index is 887. The van der Waals surface area contributed by atoms with E-state index in [1.54, 1.807) is 0 Å². The molecule has 3 rings (SSSR count). The number of nitrogens with one attached hydrogen (secondary N) is 1. The lowest BCUT2D eigenvalue weighted by Gasteiger charge is -2.07. The number of carbonyl (C=O) groups is 1. The van der Waals surface area contributed by atoms with Crippen LogP contribution in [0.3, 0.4) is 0 Å². The Kier molecular flexibility index (Phi) is 5.94. The number of nitrogens with zero attached hydrogens (tertiary/aromatic N) is 1. The van der Waals surface area contributed by atoms with Crippen molar-refractivity contribution in [2.75, 3.05) is 11.2 Å². The molecule has 0 bridgehead atoms. The first-order valence-corrected chi connectivity index (χ1v) is 9.51. The number of hydrogen-bond donors (Lipinski definition) is 1. The molecule has 0 aliphatic heterocycles. The van der Waals surface area contributed by atoms with Crippen molar-refractivity contribution in [3.8, 4) is 11.5 Å². The lowest BCUT2D eigenvalue weighted by Crippen LogP contribution is -2.11. The summed E-state index contributed by atoms with van der Waals surface area (Å²) in [7, 11) is 0. The summed E-state index contributed by atoms with van der Waals surface area (Å²) in [6.07, 6.45) is 2.19. The van der Waals surface area contributed by atoms with Gasteiger partial charge in [-0.05, 0) is 60.7 Å². The van der Waals surface area contributed by atoms with Gasteiger partial charge in [0.1, 0.15) is 5.52 Å². The highest BCUT2D eigenvalue weighted by atomic mass is 35.5. The zero-order valence-corrected chi connectivity index (χ0v) is 15.8. The molecule has 0 saturated heterocycles. The monoisotopic (exact) mass is 370 g/mol. The number of oxazole rings is 1. The predicted molar refractivity (Wildman–Crippen MR) is 107 cm³/mol. The summed E-state index contributed by atoms with van der Waals surface area (Å²) in [5.41, 5.74) is 4.56. The summed E-state index contributed by atoms with van der Waals surface area (Å²) in [6, 6.07) is 13.7. The Morgan fingerprint density at radius 1 is 1.23 bits per heavy atom. The second kappa shape index (κ2) is 8.37. The summed E-state index contributed by atoms with van der Waals surface area (Å²) in [5.74, 6) is 1.54. The third-order valence-electron chi connectivity index (χ3n) is 4.55. The van der Waals surface area contributed by atoms with Crippen LogP contribution in [0.5, 0.6) is 0 Å². The number of rotatable bonds is 7. The summed E-state index contributed by atoms with van der Waals surface area (Å²) < 4.78 is 5.88. The number of fused-ring (bicyclic) bond motifs is 1. The topological polar surface area (TPSA) is 55.1 Å². The zero-order valence-electron chi connectivity index (χ0n) is 15.1. The van der Waals surface area contributed by atoms with E-state index in [2.05, 4.69) is 36.3 Å². The molecule has 136 valence electrons. The van der Waals surface area contributed by atoms with Crippen LogP contribution in [0.4, 0.5) is 5.69 Å². The Morgan fingerprint density at radius 3 is 2.69 bits per heavy atom. The van der Waals surface area contributed by atoms with Crippen LogP contribution in [0.15, 0.2) is 46.9 Å². The van der Waals surface area contributed by atoms with Gasteiger partial charge in [0, 0.05) is 23.6 Å². The summed E-state index contributed by atoms with van der Waals surface area (Å²) in [4.78, 5) is 16.4. The van der Waals surface area contributed by atoms with Gasteiger partial charge >= 0.3 is 0 Å². The van der Waals surface area contributed by atoms with Crippen LogP contribution in [0.25, 0.3) is 22.6 Å². The lowest BCUT2D eigenvalue weighted by molar-refractivity contribution is -0.116. The Morgan fingerprint density at radius 2 is 2.00 bits per heavy atom. The first kappa shape index (κ1) is 18.5. The summed E-state index contributed by atoms with van der Waals surface area (Å²) in [6.45, 7) is 4.39. The van der Waals surface area contributed by atoms with E-state index in [0.29, 0.717) is 30.5 Å². The third kappa shape index (κ3) is 4.25. The Labute approximate surface area is 158 Å². The van der Waals surface area contributed by atoms with Gasteiger partial charge < -0.3 is 9.73 Å². The van der Waals surface area contributed by atoms with Gasteiger partial charge in [-0.2, -0.15) is 0 Å². The van der Waals surface area contributed by atoms with Crippen molar-refractivity contribution in [3.63, 3.8) is 0 Å². The van der Waals surface area contributed by atoms with Gasteiger partial charge in [0.25, 0.3) is 0 Å². The van der Waals surface area contributed by atoms with Crippen molar-refractivity contribution in [3.05, 3.63) is 48.0 Å². The average molecular weight is 371 g/mol. The number of aromatic nitrogens is 1. The molecule has 2 aromatic carbocycles. The van der Waals surface area contributed by atoms with E-state index in [1.165, 1.54) is 5.56 Å². The minimum Gasteiger partial charge on any atom is -0.436 e. The molecule has 0 aliphatic carbocycles. The van der Waals surface area contributed by atoms with Crippen molar-refractivity contribution in [1.29, 1.82) is 0 Å². The van der Waals surface area contributed by atoms with Crippen molar-refractivity contribution in [2.24, 2.45) is 0 Å². The molecular formula is C21H23ClN2O2. The molecule has 0 aliphatic rings. The quantitative estimate of drug-likeness (QED) is 0.521. The Balaban J connectivity index is 1.77. The normalized spacial score (nSPS) is 12.3. The smallest absolute Gasteiger partial charge is 0.227 e. The van der Waals surface area contributed by atoms with Crippen molar-refractivity contribution in [2.45, 2.75) is 39.0 Å². The van der Waals surface area contributed by atoms with Gasteiger partial charge in [-0.25, -0.2) is 4.98 Å². The molecule has 26 heavy (non-hydrogen) atoms. The lowest BCUT2D eigenvalue weighted by atomic mass is 9.98. The van der Waals surface area contributed by atoms with Gasteiger partial charge in [0.2, 0.25) is 11.8 Å². The molecule has 1 N–H and O–H groups in total. The first-order chi connectivity index (χ1) is 12.6. The van der Waals surface area contributed by atoms with Crippen molar-refractivity contribution in [1.82, 2.24) is 4.98 Å². The first-order valence-electron chi connectivity index (χ1n) is 8.97. The summed E-state index contributed by atoms with van der Waals surface area (Å²) in [5, 5.41) is 2.86. The number of benzene rings is 2. The number of carbonyl (C=O) groups excluding carboxylic acids is 1. The fourth-order valence-electron chi connectivity index (χ4n) is 2.76. The predicted octanol–water partition coefficient (Wildman–Crippen LogP) is 5.97. The van der Waals surface area contributed by atoms with E-state index < -0.39 is 0 Å². The van der Waals surface area contributed by atoms with Crippen LogP contribution in [-0.2, 0) is 4.79 Å². The van der Waals surface area contributed by atoms with Crippen LogP contribution in [0.1, 0.15) is 44.6 Å². The van der Waals surface area contributed by atoms with Crippen molar-refractivity contribution >= 4 is 34.3 Å². The summed E-state index contributed by atoms with van der Waals surface area (Å²) >= 11 is 5.61. The number of alkyl halides is 1. The fourth-order valence-corrected chi connectivity index (χ4v) is 2.89. The van der Waals surface area contributed by atoms with E-state index in [-0.39, 0.29) is 5.91 Å². The molecule has 3 aromatic rings. The SMILES string of the molecule is CC[C@H](C)c1ccc2oc(-c3ccc(NC(=O)CCCCl)cc3)nc2c1. The number of halogens is 1. The molecule has 1 amide bonds. The molecule has 0 saturated carbocycles. The maximum atomic E-state index is 11.8. The zero-order chi connectivity index (χ0) is 18.5.